The lowest BCUT2D eigenvalue weighted by Crippen LogP contribution is -2.43. The zero-order chi connectivity index (χ0) is 24.2. The number of carbonyl (C=O) groups is 1. The van der Waals surface area contributed by atoms with Crippen molar-refractivity contribution in [1.82, 2.24) is 10.2 Å². The standard InChI is InChI=1S/C22H24F4N2O4S/c1-32-19-6-2-15(3-7-19)12-28(18-8-9-33(30,31)14-18)13-21(29)27-11-16-4-5-17(23)10-20(16)22(24,25)26/h2-7,10,18H,8-9,11-14H2,1H3,(H,27,29). The molecule has 6 nitrogen and oxygen atoms in total. The van der Waals surface area contributed by atoms with E-state index in [1.54, 1.807) is 29.2 Å². The third-order valence-corrected chi connectivity index (χ3v) is 7.22. The van der Waals surface area contributed by atoms with Gasteiger partial charge in [-0.05, 0) is 41.8 Å². The van der Waals surface area contributed by atoms with Crippen molar-refractivity contribution in [2.45, 2.75) is 31.7 Å². The Morgan fingerprint density at radius 1 is 1.18 bits per heavy atom. The molecule has 180 valence electrons. The van der Waals surface area contributed by atoms with Gasteiger partial charge in [0.2, 0.25) is 5.91 Å². The first kappa shape index (κ1) is 25.0. The van der Waals surface area contributed by atoms with Crippen LogP contribution >= 0.6 is 0 Å². The van der Waals surface area contributed by atoms with Gasteiger partial charge in [0.05, 0.1) is 30.7 Å². The van der Waals surface area contributed by atoms with Crippen molar-refractivity contribution in [3.8, 4) is 5.75 Å². The average Bonchev–Trinajstić information content (AvgIpc) is 3.12. The molecule has 0 spiro atoms. The quantitative estimate of drug-likeness (QED) is 0.578. The van der Waals surface area contributed by atoms with Crippen LogP contribution in [0.4, 0.5) is 17.6 Å². The maximum absolute atomic E-state index is 13.3. The van der Waals surface area contributed by atoms with Crippen LogP contribution in [0.1, 0.15) is 23.1 Å². The van der Waals surface area contributed by atoms with E-state index in [1.807, 2.05) is 0 Å². The van der Waals surface area contributed by atoms with E-state index in [1.165, 1.54) is 7.11 Å². The molecule has 1 unspecified atom stereocenters. The molecular formula is C22H24F4N2O4S. The van der Waals surface area contributed by atoms with Crippen LogP contribution in [-0.4, -0.2) is 50.4 Å². The SMILES string of the molecule is COc1ccc(CN(CC(=O)NCc2ccc(F)cc2C(F)(F)F)C2CCS(=O)(=O)C2)cc1. The molecule has 0 aromatic heterocycles. The minimum Gasteiger partial charge on any atom is -0.497 e. The number of hydrogen-bond acceptors (Lipinski definition) is 5. The number of halogens is 4. The predicted molar refractivity (Wildman–Crippen MR) is 114 cm³/mol. The predicted octanol–water partition coefficient (Wildman–Crippen LogP) is 3.16. The molecule has 1 heterocycles. The van der Waals surface area contributed by atoms with Crippen molar-refractivity contribution in [2.75, 3.05) is 25.2 Å². The normalized spacial score (nSPS) is 17.8. The van der Waals surface area contributed by atoms with E-state index in [0.29, 0.717) is 18.2 Å². The van der Waals surface area contributed by atoms with Crippen molar-refractivity contribution in [3.05, 3.63) is 65.0 Å². The number of ether oxygens (including phenoxy) is 1. The van der Waals surface area contributed by atoms with Crippen LogP contribution in [0, 0.1) is 5.82 Å². The Labute approximate surface area is 189 Å². The first-order valence-electron chi connectivity index (χ1n) is 10.2. The summed E-state index contributed by atoms with van der Waals surface area (Å²) in [5, 5.41) is 2.44. The van der Waals surface area contributed by atoms with Crippen LogP contribution in [0.3, 0.4) is 0 Å². The van der Waals surface area contributed by atoms with E-state index in [9.17, 15) is 30.8 Å². The second-order valence-electron chi connectivity index (χ2n) is 7.89. The first-order chi connectivity index (χ1) is 15.5. The molecule has 0 radical (unpaired) electrons. The number of benzene rings is 2. The van der Waals surface area contributed by atoms with E-state index in [2.05, 4.69) is 5.32 Å². The number of alkyl halides is 3. The number of hydrogen-bond donors (Lipinski definition) is 1. The number of methoxy groups -OCH3 is 1. The summed E-state index contributed by atoms with van der Waals surface area (Å²) in [6.45, 7) is -0.357. The number of sulfone groups is 1. The number of rotatable bonds is 8. The van der Waals surface area contributed by atoms with E-state index in [-0.39, 0.29) is 36.2 Å². The zero-order valence-electron chi connectivity index (χ0n) is 17.9. The highest BCUT2D eigenvalue weighted by molar-refractivity contribution is 7.91. The van der Waals surface area contributed by atoms with E-state index < -0.39 is 39.8 Å². The van der Waals surface area contributed by atoms with Gasteiger partial charge in [-0.3, -0.25) is 9.69 Å². The highest BCUT2D eigenvalue weighted by atomic mass is 32.2. The van der Waals surface area contributed by atoms with Crippen LogP contribution < -0.4 is 10.1 Å². The fourth-order valence-electron chi connectivity index (χ4n) is 3.74. The third kappa shape index (κ3) is 6.91. The number of nitrogens with one attached hydrogen (secondary N) is 1. The van der Waals surface area contributed by atoms with Crippen molar-refractivity contribution in [2.24, 2.45) is 0 Å². The Bertz CT molecular complexity index is 1090. The summed E-state index contributed by atoms with van der Waals surface area (Å²) in [7, 11) is -1.69. The smallest absolute Gasteiger partial charge is 0.416 e. The second kappa shape index (κ2) is 10.1. The molecule has 1 saturated heterocycles. The van der Waals surface area contributed by atoms with Gasteiger partial charge < -0.3 is 10.1 Å². The zero-order valence-corrected chi connectivity index (χ0v) is 18.7. The third-order valence-electron chi connectivity index (χ3n) is 5.47. The Kier molecular flexibility index (Phi) is 7.63. The van der Waals surface area contributed by atoms with E-state index in [4.69, 9.17) is 4.74 Å². The van der Waals surface area contributed by atoms with E-state index in [0.717, 1.165) is 17.7 Å². The van der Waals surface area contributed by atoms with Gasteiger partial charge in [-0.15, -0.1) is 0 Å². The topological polar surface area (TPSA) is 75.7 Å². The number of nitrogens with zero attached hydrogens (tertiary/aromatic N) is 1. The molecule has 33 heavy (non-hydrogen) atoms. The van der Waals surface area contributed by atoms with Gasteiger partial charge in [-0.1, -0.05) is 18.2 Å². The molecule has 3 rings (SSSR count). The van der Waals surface area contributed by atoms with Crippen molar-refractivity contribution in [1.29, 1.82) is 0 Å². The Morgan fingerprint density at radius 2 is 1.88 bits per heavy atom. The fourth-order valence-corrected chi connectivity index (χ4v) is 5.51. The lowest BCUT2D eigenvalue weighted by Gasteiger charge is -2.27. The second-order valence-corrected chi connectivity index (χ2v) is 10.1. The Hall–Kier alpha value is -2.66. The Balaban J connectivity index is 1.71. The summed E-state index contributed by atoms with van der Waals surface area (Å²) >= 11 is 0. The molecule has 1 aliphatic heterocycles. The van der Waals surface area contributed by atoms with Crippen LogP contribution in [0.5, 0.6) is 5.75 Å². The van der Waals surface area contributed by atoms with E-state index >= 15 is 0 Å². The minimum absolute atomic E-state index is 0.0168. The molecule has 1 N–H and O–H groups in total. The summed E-state index contributed by atoms with van der Waals surface area (Å²) in [6.07, 6.45) is -4.40. The van der Waals surface area contributed by atoms with Gasteiger partial charge in [0, 0.05) is 19.1 Å². The molecule has 1 fully saturated rings. The molecule has 1 atom stereocenters. The molecule has 0 saturated carbocycles. The molecule has 2 aromatic rings. The molecular weight excluding hydrogens is 464 g/mol. The van der Waals surface area contributed by atoms with Gasteiger partial charge in [0.25, 0.3) is 0 Å². The molecule has 1 aliphatic rings. The molecule has 11 heteroatoms. The van der Waals surface area contributed by atoms with Gasteiger partial charge >= 0.3 is 6.18 Å². The maximum Gasteiger partial charge on any atom is 0.416 e. The summed E-state index contributed by atoms with van der Waals surface area (Å²) in [5.41, 5.74) is -0.590. The lowest BCUT2D eigenvalue weighted by atomic mass is 10.1. The van der Waals surface area contributed by atoms with Gasteiger partial charge in [0.1, 0.15) is 11.6 Å². The minimum atomic E-state index is -4.76. The molecule has 0 aliphatic carbocycles. The number of amides is 1. The summed E-state index contributed by atoms with van der Waals surface area (Å²) in [4.78, 5) is 14.3. The lowest BCUT2D eigenvalue weighted by molar-refractivity contribution is -0.138. The largest absolute Gasteiger partial charge is 0.497 e. The highest BCUT2D eigenvalue weighted by Gasteiger charge is 2.35. The van der Waals surface area contributed by atoms with Crippen molar-refractivity contribution in [3.63, 3.8) is 0 Å². The first-order valence-corrected chi connectivity index (χ1v) is 12.0. The van der Waals surface area contributed by atoms with Crippen LogP contribution in [-0.2, 0) is 33.9 Å². The highest BCUT2D eigenvalue weighted by Crippen LogP contribution is 2.32. The van der Waals surface area contributed by atoms with Crippen LogP contribution in [0.25, 0.3) is 0 Å². The number of carbonyl (C=O) groups excluding carboxylic acids is 1. The van der Waals surface area contributed by atoms with Crippen molar-refractivity contribution >= 4 is 15.7 Å². The summed E-state index contributed by atoms with van der Waals surface area (Å²) in [5.74, 6) is -1.02. The van der Waals surface area contributed by atoms with Crippen molar-refractivity contribution < 1.29 is 35.5 Å². The van der Waals surface area contributed by atoms with Gasteiger partial charge in [0.15, 0.2) is 9.84 Å². The monoisotopic (exact) mass is 488 g/mol. The molecule has 2 aromatic carbocycles. The van der Waals surface area contributed by atoms with Gasteiger partial charge in [-0.2, -0.15) is 13.2 Å². The molecule has 0 bridgehead atoms. The average molecular weight is 489 g/mol. The summed E-state index contributed by atoms with van der Waals surface area (Å²) < 4.78 is 81.9. The Morgan fingerprint density at radius 3 is 2.45 bits per heavy atom. The maximum atomic E-state index is 13.3. The molecule has 1 amide bonds. The summed E-state index contributed by atoms with van der Waals surface area (Å²) in [6, 6.07) is 8.95. The van der Waals surface area contributed by atoms with Crippen LogP contribution in [0.2, 0.25) is 0 Å². The van der Waals surface area contributed by atoms with Gasteiger partial charge in [-0.25, -0.2) is 12.8 Å². The fraction of sp³-hybridized carbons (Fsp3) is 0.409. The van der Waals surface area contributed by atoms with Crippen LogP contribution in [0.15, 0.2) is 42.5 Å².